The summed E-state index contributed by atoms with van der Waals surface area (Å²) in [6.45, 7) is 1.20. The summed E-state index contributed by atoms with van der Waals surface area (Å²) in [4.78, 5) is 4.91. The van der Waals surface area contributed by atoms with Crippen LogP contribution in [0.1, 0.15) is 68.0 Å². The molecular formula is C15H24N2S. The van der Waals surface area contributed by atoms with Gasteiger partial charge in [0.25, 0.3) is 0 Å². The van der Waals surface area contributed by atoms with E-state index in [0.29, 0.717) is 6.04 Å². The first kappa shape index (κ1) is 12.6. The summed E-state index contributed by atoms with van der Waals surface area (Å²) < 4.78 is 0. The third-order valence-electron chi connectivity index (χ3n) is 4.43. The van der Waals surface area contributed by atoms with Crippen molar-refractivity contribution in [2.24, 2.45) is 0 Å². The minimum Gasteiger partial charge on any atom is -0.314 e. The van der Waals surface area contributed by atoms with Crippen molar-refractivity contribution in [1.82, 2.24) is 10.3 Å². The average Bonchev–Trinajstić information content (AvgIpc) is 2.89. The van der Waals surface area contributed by atoms with Crippen molar-refractivity contribution in [1.29, 1.82) is 0 Å². The predicted molar refractivity (Wildman–Crippen MR) is 77.3 cm³/mol. The van der Waals surface area contributed by atoms with E-state index in [9.17, 15) is 0 Å². The zero-order valence-corrected chi connectivity index (χ0v) is 12.0. The fourth-order valence-corrected chi connectivity index (χ4v) is 4.27. The molecule has 1 aromatic heterocycles. The van der Waals surface area contributed by atoms with E-state index in [1.54, 1.807) is 0 Å². The molecule has 3 rings (SSSR count). The number of piperidine rings is 1. The van der Waals surface area contributed by atoms with Crippen molar-refractivity contribution in [3.8, 4) is 0 Å². The second-order valence-electron chi connectivity index (χ2n) is 5.85. The highest BCUT2D eigenvalue weighted by molar-refractivity contribution is 7.09. The van der Waals surface area contributed by atoms with Crippen LogP contribution in [0.5, 0.6) is 0 Å². The third-order valence-corrected chi connectivity index (χ3v) is 5.32. The molecule has 100 valence electrons. The SMILES string of the molecule is c1sc(CC2CCCCN2)nc1C1CCCCC1. The number of hydrogen-bond donors (Lipinski definition) is 1. The third kappa shape index (κ3) is 3.12. The zero-order valence-electron chi connectivity index (χ0n) is 11.2. The second-order valence-corrected chi connectivity index (χ2v) is 6.79. The number of rotatable bonds is 3. The Morgan fingerprint density at radius 3 is 2.72 bits per heavy atom. The molecular weight excluding hydrogens is 240 g/mol. The van der Waals surface area contributed by atoms with Gasteiger partial charge in [-0.2, -0.15) is 0 Å². The molecule has 0 radical (unpaired) electrons. The molecule has 2 fully saturated rings. The minimum atomic E-state index is 0.684. The molecule has 1 atom stereocenters. The van der Waals surface area contributed by atoms with E-state index in [0.717, 1.165) is 12.3 Å². The molecule has 1 aliphatic carbocycles. The van der Waals surface area contributed by atoms with Gasteiger partial charge < -0.3 is 5.32 Å². The largest absolute Gasteiger partial charge is 0.314 e. The number of hydrogen-bond acceptors (Lipinski definition) is 3. The number of nitrogens with one attached hydrogen (secondary N) is 1. The molecule has 1 unspecified atom stereocenters. The first-order valence-corrected chi connectivity index (χ1v) is 8.47. The molecule has 0 amide bonds. The van der Waals surface area contributed by atoms with Gasteiger partial charge in [0, 0.05) is 23.8 Å². The van der Waals surface area contributed by atoms with Gasteiger partial charge in [-0.15, -0.1) is 11.3 Å². The summed E-state index contributed by atoms with van der Waals surface area (Å²) in [5.41, 5.74) is 1.39. The van der Waals surface area contributed by atoms with Crippen molar-refractivity contribution in [3.05, 3.63) is 16.1 Å². The fraction of sp³-hybridized carbons (Fsp3) is 0.800. The van der Waals surface area contributed by atoms with Gasteiger partial charge in [0.2, 0.25) is 0 Å². The normalized spacial score (nSPS) is 26.3. The lowest BCUT2D eigenvalue weighted by Crippen LogP contribution is -2.35. The van der Waals surface area contributed by atoms with Gasteiger partial charge in [-0.1, -0.05) is 25.7 Å². The molecule has 2 nitrogen and oxygen atoms in total. The Morgan fingerprint density at radius 2 is 1.94 bits per heavy atom. The van der Waals surface area contributed by atoms with E-state index in [4.69, 9.17) is 4.98 Å². The van der Waals surface area contributed by atoms with Crippen LogP contribution in [-0.2, 0) is 6.42 Å². The van der Waals surface area contributed by atoms with Crippen LogP contribution in [0, 0.1) is 0 Å². The topological polar surface area (TPSA) is 24.9 Å². The van der Waals surface area contributed by atoms with E-state index >= 15 is 0 Å². The van der Waals surface area contributed by atoms with Gasteiger partial charge in [0.05, 0.1) is 10.7 Å². The smallest absolute Gasteiger partial charge is 0.0943 e. The standard InChI is InChI=1S/C15H24N2S/c1-2-6-12(7-3-1)14-11-18-15(17-14)10-13-8-4-5-9-16-13/h11-13,16H,1-10H2. The molecule has 1 aromatic rings. The van der Waals surface area contributed by atoms with Crippen LogP contribution in [0.4, 0.5) is 0 Å². The first-order chi connectivity index (χ1) is 8.92. The quantitative estimate of drug-likeness (QED) is 0.896. The van der Waals surface area contributed by atoms with Gasteiger partial charge in [0.15, 0.2) is 0 Å². The molecule has 1 saturated carbocycles. The Morgan fingerprint density at radius 1 is 1.11 bits per heavy atom. The molecule has 18 heavy (non-hydrogen) atoms. The van der Waals surface area contributed by atoms with E-state index in [1.807, 2.05) is 11.3 Å². The van der Waals surface area contributed by atoms with Crippen molar-refractivity contribution < 1.29 is 0 Å². The average molecular weight is 264 g/mol. The van der Waals surface area contributed by atoms with E-state index in [1.165, 1.54) is 68.6 Å². The highest BCUT2D eigenvalue weighted by Crippen LogP contribution is 2.33. The Kier molecular flexibility index (Phi) is 4.32. The van der Waals surface area contributed by atoms with Gasteiger partial charge in [0.1, 0.15) is 0 Å². The van der Waals surface area contributed by atoms with Crippen LogP contribution in [0.2, 0.25) is 0 Å². The maximum Gasteiger partial charge on any atom is 0.0943 e. The van der Waals surface area contributed by atoms with Crippen LogP contribution in [-0.4, -0.2) is 17.6 Å². The van der Waals surface area contributed by atoms with Crippen LogP contribution in [0.25, 0.3) is 0 Å². The lowest BCUT2D eigenvalue weighted by Gasteiger charge is -2.22. The Balaban J connectivity index is 1.58. The fourth-order valence-electron chi connectivity index (χ4n) is 3.31. The number of aromatic nitrogens is 1. The van der Waals surface area contributed by atoms with Gasteiger partial charge in [-0.3, -0.25) is 0 Å². The summed E-state index contributed by atoms with van der Waals surface area (Å²) in [5.74, 6) is 0.767. The molecule has 2 heterocycles. The van der Waals surface area contributed by atoms with E-state index in [2.05, 4.69) is 10.7 Å². The number of nitrogens with zero attached hydrogens (tertiary/aromatic N) is 1. The van der Waals surface area contributed by atoms with Crippen LogP contribution in [0.15, 0.2) is 5.38 Å². The Bertz CT molecular complexity index is 362. The monoisotopic (exact) mass is 264 g/mol. The van der Waals surface area contributed by atoms with Gasteiger partial charge in [-0.25, -0.2) is 4.98 Å². The second kappa shape index (κ2) is 6.16. The summed E-state index contributed by atoms with van der Waals surface area (Å²) in [6.07, 6.45) is 12.2. The highest BCUT2D eigenvalue weighted by Gasteiger charge is 2.20. The molecule has 1 N–H and O–H groups in total. The molecule has 0 spiro atoms. The lowest BCUT2D eigenvalue weighted by molar-refractivity contribution is 0.398. The summed E-state index contributed by atoms with van der Waals surface area (Å²) >= 11 is 1.89. The first-order valence-electron chi connectivity index (χ1n) is 7.59. The molecule has 1 aliphatic heterocycles. The van der Waals surface area contributed by atoms with Crippen molar-refractivity contribution in [3.63, 3.8) is 0 Å². The van der Waals surface area contributed by atoms with Gasteiger partial charge >= 0.3 is 0 Å². The van der Waals surface area contributed by atoms with Crippen LogP contribution >= 0.6 is 11.3 Å². The summed E-state index contributed by atoms with van der Waals surface area (Å²) in [7, 11) is 0. The molecule has 3 heteroatoms. The zero-order chi connectivity index (χ0) is 12.2. The predicted octanol–water partition coefficient (Wildman–Crippen LogP) is 3.88. The van der Waals surface area contributed by atoms with Crippen molar-refractivity contribution >= 4 is 11.3 Å². The lowest BCUT2D eigenvalue weighted by atomic mass is 9.87. The molecule has 2 aliphatic rings. The summed E-state index contributed by atoms with van der Waals surface area (Å²) in [5, 5.41) is 7.31. The Labute approximate surface area is 114 Å². The molecule has 0 aromatic carbocycles. The minimum absolute atomic E-state index is 0.684. The molecule has 1 saturated heterocycles. The highest BCUT2D eigenvalue weighted by atomic mass is 32.1. The van der Waals surface area contributed by atoms with Crippen LogP contribution < -0.4 is 5.32 Å². The molecule has 0 bridgehead atoms. The van der Waals surface area contributed by atoms with Gasteiger partial charge in [-0.05, 0) is 32.2 Å². The summed E-state index contributed by atoms with van der Waals surface area (Å²) in [6, 6.07) is 0.684. The maximum absolute atomic E-state index is 4.91. The number of thiazole rings is 1. The van der Waals surface area contributed by atoms with Crippen molar-refractivity contribution in [2.45, 2.75) is 69.7 Å². The maximum atomic E-state index is 4.91. The van der Waals surface area contributed by atoms with Crippen molar-refractivity contribution in [2.75, 3.05) is 6.54 Å². The van der Waals surface area contributed by atoms with E-state index < -0.39 is 0 Å². The Hall–Kier alpha value is -0.410. The van der Waals surface area contributed by atoms with Crippen LogP contribution in [0.3, 0.4) is 0 Å². The van der Waals surface area contributed by atoms with E-state index in [-0.39, 0.29) is 0 Å².